The van der Waals surface area contributed by atoms with Gasteiger partial charge in [0.15, 0.2) is 0 Å². The second kappa shape index (κ2) is 8.98. The van der Waals surface area contributed by atoms with E-state index in [0.717, 1.165) is 4.48 Å². The van der Waals surface area contributed by atoms with Crippen LogP contribution in [0.15, 0.2) is 24.3 Å². The molecule has 0 aliphatic heterocycles. The molecule has 2 nitrogen and oxygen atoms in total. The number of alkyl halides is 1. The van der Waals surface area contributed by atoms with E-state index in [9.17, 15) is 0 Å². The molecule has 0 saturated carbocycles. The van der Waals surface area contributed by atoms with Crippen molar-refractivity contribution in [3.05, 3.63) is 29.8 Å². The second-order valence-corrected chi connectivity index (χ2v) is 4.08. The molecule has 0 amide bonds. The van der Waals surface area contributed by atoms with Crippen LogP contribution >= 0.6 is 11.6 Å². The van der Waals surface area contributed by atoms with Crippen LogP contribution in [0.2, 0.25) is 0 Å². The van der Waals surface area contributed by atoms with E-state index in [1.54, 1.807) is 0 Å². The summed E-state index contributed by atoms with van der Waals surface area (Å²) in [4.78, 5) is 0. The highest BCUT2D eigenvalue weighted by Gasteiger charge is 2.10. The van der Waals surface area contributed by atoms with E-state index in [2.05, 4.69) is 45.4 Å². The Morgan fingerprint density at radius 1 is 1.00 bits per heavy atom. The van der Waals surface area contributed by atoms with Crippen LogP contribution in [-0.4, -0.2) is 21.1 Å². The van der Waals surface area contributed by atoms with Gasteiger partial charge in [-0.3, -0.25) is 4.48 Å². The van der Waals surface area contributed by atoms with Crippen LogP contribution in [0.25, 0.3) is 0 Å². The van der Waals surface area contributed by atoms with Gasteiger partial charge in [0.2, 0.25) is 0 Å². The van der Waals surface area contributed by atoms with Crippen LogP contribution < -0.4 is 58.6 Å². The summed E-state index contributed by atoms with van der Waals surface area (Å²) < 4.78 is 0.850. The molecule has 0 spiro atoms. The quantitative estimate of drug-likeness (QED) is 0.280. The SMILES string of the molecule is C[N+](C)(C)c1ccc(CCl)cc1.[I-].[I-].[NH4+]. The van der Waals surface area contributed by atoms with Gasteiger partial charge in [0.1, 0.15) is 5.69 Å². The number of halogens is 3. The fourth-order valence-electron chi connectivity index (χ4n) is 1.03. The molecular weight excluding hydrogens is 437 g/mol. The predicted molar refractivity (Wildman–Crippen MR) is 61.5 cm³/mol. The first kappa shape index (κ1) is 21.2. The van der Waals surface area contributed by atoms with E-state index in [0.29, 0.717) is 5.88 Å². The Balaban J connectivity index is -0.000000480. The van der Waals surface area contributed by atoms with E-state index in [1.807, 2.05) is 0 Å². The third kappa shape index (κ3) is 6.93. The molecule has 1 aromatic carbocycles. The maximum absolute atomic E-state index is 5.69. The molecule has 0 bridgehead atoms. The molecule has 0 aromatic heterocycles. The minimum absolute atomic E-state index is 0. The van der Waals surface area contributed by atoms with Crippen LogP contribution in [0.5, 0.6) is 0 Å². The fourth-order valence-corrected chi connectivity index (χ4v) is 1.21. The van der Waals surface area contributed by atoms with Crippen molar-refractivity contribution in [1.82, 2.24) is 10.6 Å². The van der Waals surface area contributed by atoms with Gasteiger partial charge in [-0.1, -0.05) is 12.1 Å². The lowest BCUT2D eigenvalue weighted by Crippen LogP contribution is -3.00. The summed E-state index contributed by atoms with van der Waals surface area (Å²) in [5, 5.41) is 0. The van der Waals surface area contributed by atoms with Crippen molar-refractivity contribution in [3.8, 4) is 0 Å². The number of quaternary nitrogens is 2. The molecule has 15 heavy (non-hydrogen) atoms. The summed E-state index contributed by atoms with van der Waals surface area (Å²) in [7, 11) is 6.45. The zero-order chi connectivity index (χ0) is 9.19. The van der Waals surface area contributed by atoms with E-state index in [-0.39, 0.29) is 54.1 Å². The predicted octanol–water partition coefficient (Wildman–Crippen LogP) is -2.99. The second-order valence-electron chi connectivity index (χ2n) is 3.81. The lowest BCUT2D eigenvalue weighted by molar-refractivity contribution is -0.00100. The first-order valence-corrected chi connectivity index (χ1v) is 4.54. The first-order valence-electron chi connectivity index (χ1n) is 4.01. The first-order chi connectivity index (χ1) is 5.54. The van der Waals surface area contributed by atoms with Crippen molar-refractivity contribution in [2.45, 2.75) is 5.88 Å². The standard InChI is InChI=1S/C10H15ClN.2HI.H3N/c1-12(2,3)10-6-4-9(8-11)5-7-10;;;/h4-7H,8H2,1-3H3;2*1H;1H3/q+1;;;/p-1. The van der Waals surface area contributed by atoms with Crippen molar-refractivity contribution in [2.24, 2.45) is 0 Å². The summed E-state index contributed by atoms with van der Waals surface area (Å²) >= 11 is 5.69. The number of nitrogens with zero attached hydrogens (tertiary/aromatic N) is 1. The van der Waals surface area contributed by atoms with Crippen LogP contribution in [0, 0.1) is 0 Å². The largest absolute Gasteiger partial charge is 1.00 e. The number of hydrogen-bond donors (Lipinski definition) is 1. The van der Waals surface area contributed by atoms with Crippen molar-refractivity contribution in [2.75, 3.05) is 21.1 Å². The summed E-state index contributed by atoms with van der Waals surface area (Å²) in [5.74, 6) is 0.595. The number of benzene rings is 1. The van der Waals surface area contributed by atoms with Gasteiger partial charge in [0.25, 0.3) is 0 Å². The van der Waals surface area contributed by atoms with Gasteiger partial charge in [0, 0.05) is 5.88 Å². The van der Waals surface area contributed by atoms with E-state index >= 15 is 0 Å². The Morgan fingerprint density at radius 2 is 1.40 bits per heavy atom. The molecule has 0 atom stereocenters. The molecule has 5 heteroatoms. The topological polar surface area (TPSA) is 36.5 Å². The molecule has 0 radical (unpaired) electrons. The summed E-state index contributed by atoms with van der Waals surface area (Å²) in [6.45, 7) is 0. The fraction of sp³-hybridized carbons (Fsp3) is 0.400. The zero-order valence-corrected chi connectivity index (χ0v) is 14.7. The molecule has 0 aliphatic carbocycles. The van der Waals surface area contributed by atoms with Crippen molar-refractivity contribution in [1.29, 1.82) is 0 Å². The highest BCUT2D eigenvalue weighted by Crippen LogP contribution is 2.17. The van der Waals surface area contributed by atoms with E-state index < -0.39 is 0 Å². The number of rotatable bonds is 2. The lowest BCUT2D eigenvalue weighted by atomic mass is 10.2. The molecule has 4 N–H and O–H groups in total. The summed E-state index contributed by atoms with van der Waals surface area (Å²) in [6.07, 6.45) is 0. The van der Waals surface area contributed by atoms with E-state index in [4.69, 9.17) is 11.6 Å². The molecular formula is C10H19ClI2N2. The Kier molecular flexibility index (Phi) is 12.7. The summed E-state index contributed by atoms with van der Waals surface area (Å²) in [6, 6.07) is 8.40. The maximum atomic E-state index is 5.69. The Bertz CT molecular complexity index is 257. The lowest BCUT2D eigenvalue weighted by Gasteiger charge is -2.23. The Hall–Kier alpha value is 0.890. The Morgan fingerprint density at radius 3 is 1.67 bits per heavy atom. The average molecular weight is 457 g/mol. The third-order valence-corrected chi connectivity index (χ3v) is 2.17. The number of hydrogen-bond acceptors (Lipinski definition) is 0. The van der Waals surface area contributed by atoms with Gasteiger partial charge in [-0.25, -0.2) is 0 Å². The van der Waals surface area contributed by atoms with E-state index in [1.165, 1.54) is 11.3 Å². The van der Waals surface area contributed by atoms with Crippen molar-refractivity contribution < 1.29 is 48.0 Å². The van der Waals surface area contributed by atoms with Gasteiger partial charge in [0.05, 0.1) is 21.1 Å². The maximum Gasteiger partial charge on any atom is 0.132 e. The van der Waals surface area contributed by atoms with Crippen molar-refractivity contribution in [3.63, 3.8) is 0 Å². The third-order valence-electron chi connectivity index (χ3n) is 1.87. The van der Waals surface area contributed by atoms with Gasteiger partial charge >= 0.3 is 0 Å². The van der Waals surface area contributed by atoms with Gasteiger partial charge in [-0.2, -0.15) is 0 Å². The van der Waals surface area contributed by atoms with Crippen LogP contribution in [0.1, 0.15) is 5.56 Å². The molecule has 0 unspecified atom stereocenters. The van der Waals surface area contributed by atoms with Crippen molar-refractivity contribution >= 4 is 17.3 Å². The van der Waals surface area contributed by atoms with Gasteiger partial charge < -0.3 is 54.1 Å². The smallest absolute Gasteiger partial charge is 0.132 e. The van der Waals surface area contributed by atoms with Crippen LogP contribution in [-0.2, 0) is 5.88 Å². The molecule has 1 rings (SSSR count). The van der Waals surface area contributed by atoms with Gasteiger partial charge in [-0.15, -0.1) is 11.6 Å². The zero-order valence-electron chi connectivity index (χ0n) is 9.60. The molecule has 90 valence electrons. The average Bonchev–Trinajstić information content (AvgIpc) is 2.03. The van der Waals surface area contributed by atoms with Crippen LogP contribution in [0.3, 0.4) is 0 Å². The highest BCUT2D eigenvalue weighted by molar-refractivity contribution is 6.17. The minimum atomic E-state index is 0. The summed E-state index contributed by atoms with van der Waals surface area (Å²) in [5.41, 5.74) is 2.47. The molecule has 1 aromatic rings. The Labute approximate surface area is 132 Å². The van der Waals surface area contributed by atoms with Crippen LogP contribution in [0.4, 0.5) is 5.69 Å². The molecule has 0 heterocycles. The van der Waals surface area contributed by atoms with Gasteiger partial charge in [-0.05, 0) is 17.7 Å². The molecule has 0 fully saturated rings. The molecule has 0 saturated heterocycles. The normalized spacial score (nSPS) is 9.33. The highest BCUT2D eigenvalue weighted by atomic mass is 127. The monoisotopic (exact) mass is 456 g/mol. The minimum Gasteiger partial charge on any atom is -1.00 e. The molecule has 0 aliphatic rings.